The normalized spacial score (nSPS) is 10.1. The highest BCUT2D eigenvalue weighted by atomic mass is 16.6. The van der Waals surface area contributed by atoms with Gasteiger partial charge in [-0.1, -0.05) is 38.4 Å². The molecule has 35 heavy (non-hydrogen) atoms. The van der Waals surface area contributed by atoms with E-state index >= 15 is 0 Å². The average molecular weight is 477 g/mol. The Balaban J connectivity index is 2.60. The lowest BCUT2D eigenvalue weighted by atomic mass is 10.0. The fraction of sp³-hybridized carbons (Fsp3) is 0.179. The molecule has 0 amide bonds. The molecule has 0 aromatic heterocycles. The molecule has 7 heteroatoms. The van der Waals surface area contributed by atoms with E-state index < -0.39 is 17.9 Å². The molecule has 2 aromatic carbocycles. The van der Waals surface area contributed by atoms with Crippen molar-refractivity contribution < 1.29 is 33.3 Å². The molecule has 0 N–H and O–H groups in total. The second-order valence-electron chi connectivity index (χ2n) is 8.08. The molecule has 0 atom stereocenters. The van der Waals surface area contributed by atoms with E-state index in [1.165, 1.54) is 19.9 Å². The van der Waals surface area contributed by atoms with Crippen LogP contribution in [0.3, 0.4) is 0 Å². The monoisotopic (exact) mass is 476 g/mol. The van der Waals surface area contributed by atoms with E-state index in [1.807, 2.05) is 0 Å². The van der Waals surface area contributed by atoms with Gasteiger partial charge in [0, 0.05) is 16.7 Å². The molecule has 0 aliphatic rings. The van der Waals surface area contributed by atoms with Gasteiger partial charge in [0.05, 0.1) is 0 Å². The zero-order valence-electron chi connectivity index (χ0n) is 20.4. The van der Waals surface area contributed by atoms with Gasteiger partial charge in [0.25, 0.3) is 0 Å². The van der Waals surface area contributed by atoms with Crippen molar-refractivity contribution in [2.75, 3.05) is 6.61 Å². The molecule has 0 saturated heterocycles. The first-order valence-electron chi connectivity index (χ1n) is 10.6. The van der Waals surface area contributed by atoms with Crippen molar-refractivity contribution >= 4 is 17.9 Å². The van der Waals surface area contributed by atoms with E-state index in [0.29, 0.717) is 16.9 Å². The number of carbonyl (C=O) groups excluding carboxylic acids is 3. The van der Waals surface area contributed by atoms with Gasteiger partial charge in [-0.2, -0.15) is 0 Å². The first-order chi connectivity index (χ1) is 16.4. The van der Waals surface area contributed by atoms with Crippen LogP contribution in [-0.2, 0) is 14.4 Å². The van der Waals surface area contributed by atoms with E-state index in [4.69, 9.17) is 18.9 Å². The third-order valence-corrected chi connectivity index (χ3v) is 4.34. The predicted molar refractivity (Wildman–Crippen MR) is 134 cm³/mol. The second kappa shape index (κ2) is 11.7. The van der Waals surface area contributed by atoms with Crippen LogP contribution >= 0.6 is 0 Å². The molecule has 0 saturated carbocycles. The largest absolute Gasteiger partial charge is 0.485 e. The number of benzene rings is 2. The highest BCUT2D eigenvalue weighted by molar-refractivity contribution is 5.92. The summed E-state index contributed by atoms with van der Waals surface area (Å²) in [7, 11) is 0. The van der Waals surface area contributed by atoms with Crippen LogP contribution in [0.15, 0.2) is 85.0 Å². The van der Waals surface area contributed by atoms with Gasteiger partial charge in [-0.3, -0.25) is 0 Å². The first kappa shape index (κ1) is 26.9. The number of carbonyl (C=O) groups is 3. The fourth-order valence-corrected chi connectivity index (χ4v) is 2.50. The summed E-state index contributed by atoms with van der Waals surface area (Å²) in [5.41, 5.74) is 2.57. The van der Waals surface area contributed by atoms with E-state index in [2.05, 4.69) is 26.3 Å². The highest BCUT2D eigenvalue weighted by Gasteiger charge is 2.22. The van der Waals surface area contributed by atoms with Crippen LogP contribution in [0, 0.1) is 0 Å². The summed E-state index contributed by atoms with van der Waals surface area (Å²) in [6, 6.07) is 9.81. The number of hydrogen-bond acceptors (Lipinski definition) is 7. The number of rotatable bonds is 10. The molecule has 182 valence electrons. The summed E-state index contributed by atoms with van der Waals surface area (Å²) in [4.78, 5) is 36.4. The van der Waals surface area contributed by atoms with Crippen LogP contribution in [0.2, 0.25) is 0 Å². The van der Waals surface area contributed by atoms with E-state index in [-0.39, 0.29) is 40.6 Å². The Bertz CT molecular complexity index is 1220. The Hall–Kier alpha value is -4.39. The summed E-state index contributed by atoms with van der Waals surface area (Å²) in [5.74, 6) is -1.59. The van der Waals surface area contributed by atoms with Crippen LogP contribution in [0.25, 0.3) is 11.1 Å². The summed E-state index contributed by atoms with van der Waals surface area (Å²) >= 11 is 0. The smallest absolute Gasteiger partial charge is 0.338 e. The van der Waals surface area contributed by atoms with Crippen molar-refractivity contribution in [2.24, 2.45) is 0 Å². The molecule has 7 nitrogen and oxygen atoms in total. The van der Waals surface area contributed by atoms with Crippen LogP contribution in [0.4, 0.5) is 0 Å². The molecule has 0 heterocycles. The Morgan fingerprint density at radius 1 is 0.657 bits per heavy atom. The lowest BCUT2D eigenvalue weighted by molar-refractivity contribution is -0.132. The Labute approximate surface area is 205 Å². The van der Waals surface area contributed by atoms with Gasteiger partial charge in [-0.05, 0) is 68.7 Å². The first-order valence-corrected chi connectivity index (χ1v) is 10.6. The second-order valence-corrected chi connectivity index (χ2v) is 8.08. The quantitative estimate of drug-likeness (QED) is 0.187. The maximum atomic E-state index is 12.3. The minimum Gasteiger partial charge on any atom is -0.485 e. The Morgan fingerprint density at radius 3 is 1.66 bits per heavy atom. The Morgan fingerprint density at radius 2 is 1.14 bits per heavy atom. The van der Waals surface area contributed by atoms with Gasteiger partial charge in [0.2, 0.25) is 5.75 Å². The SMILES string of the molecule is C=C(C)COc1cc(-c2ccc(OC(=O)C(=C)C)cc2)cc(OC(=O)C(=C)C)c1OC(=O)C(=C)C. The molecule has 2 rings (SSSR count). The highest BCUT2D eigenvalue weighted by Crippen LogP contribution is 2.43. The number of ether oxygens (including phenoxy) is 4. The van der Waals surface area contributed by atoms with Crippen LogP contribution in [-0.4, -0.2) is 24.5 Å². The van der Waals surface area contributed by atoms with Crippen molar-refractivity contribution in [1.29, 1.82) is 0 Å². The van der Waals surface area contributed by atoms with Crippen LogP contribution in [0.5, 0.6) is 23.0 Å². The molecule has 0 bridgehead atoms. The summed E-state index contributed by atoms with van der Waals surface area (Å²) < 4.78 is 22.0. The van der Waals surface area contributed by atoms with Crippen molar-refractivity contribution in [3.05, 3.63) is 85.0 Å². The Kier molecular flexibility index (Phi) is 8.94. The molecule has 0 radical (unpaired) electrons. The minimum atomic E-state index is -0.714. The van der Waals surface area contributed by atoms with Gasteiger partial charge < -0.3 is 18.9 Å². The molecular formula is C28H28O7. The number of hydrogen-bond donors (Lipinski definition) is 0. The van der Waals surface area contributed by atoms with Gasteiger partial charge in [0.1, 0.15) is 12.4 Å². The summed E-state index contributed by atoms with van der Waals surface area (Å²) in [6.45, 7) is 21.0. The predicted octanol–water partition coefficient (Wildman–Crippen LogP) is 5.75. The molecule has 0 spiro atoms. The molecule has 0 fully saturated rings. The van der Waals surface area contributed by atoms with Gasteiger partial charge in [-0.15, -0.1) is 0 Å². The van der Waals surface area contributed by atoms with E-state index in [1.54, 1.807) is 44.2 Å². The summed E-state index contributed by atoms with van der Waals surface area (Å²) in [6.07, 6.45) is 0. The molecule has 2 aromatic rings. The zero-order chi connectivity index (χ0) is 26.3. The van der Waals surface area contributed by atoms with E-state index in [9.17, 15) is 14.4 Å². The maximum absolute atomic E-state index is 12.3. The van der Waals surface area contributed by atoms with Crippen molar-refractivity contribution in [2.45, 2.75) is 27.7 Å². The van der Waals surface area contributed by atoms with Crippen LogP contribution in [0.1, 0.15) is 27.7 Å². The molecule has 0 unspecified atom stereocenters. The zero-order valence-corrected chi connectivity index (χ0v) is 20.4. The van der Waals surface area contributed by atoms with Gasteiger partial charge in [-0.25, -0.2) is 14.4 Å². The fourth-order valence-electron chi connectivity index (χ4n) is 2.50. The van der Waals surface area contributed by atoms with Crippen molar-refractivity contribution in [3.8, 4) is 34.1 Å². The topological polar surface area (TPSA) is 88.1 Å². The lowest BCUT2D eigenvalue weighted by Gasteiger charge is -2.17. The molecular weight excluding hydrogens is 448 g/mol. The van der Waals surface area contributed by atoms with E-state index in [0.717, 1.165) is 5.57 Å². The van der Waals surface area contributed by atoms with Crippen molar-refractivity contribution in [1.82, 2.24) is 0 Å². The van der Waals surface area contributed by atoms with Gasteiger partial charge >= 0.3 is 17.9 Å². The third-order valence-electron chi connectivity index (χ3n) is 4.34. The third kappa shape index (κ3) is 7.57. The van der Waals surface area contributed by atoms with Gasteiger partial charge in [0.15, 0.2) is 11.5 Å². The molecule has 0 aliphatic heterocycles. The van der Waals surface area contributed by atoms with Crippen molar-refractivity contribution in [3.63, 3.8) is 0 Å². The maximum Gasteiger partial charge on any atom is 0.338 e. The average Bonchev–Trinajstić information content (AvgIpc) is 2.78. The standard InChI is InChI=1S/C28H28O7/c1-16(2)15-32-23-13-21(20-9-11-22(12-10-20)33-26(29)17(3)4)14-24(34-27(30)18(5)6)25(23)35-28(31)19(7)8/h9-14H,1,3,5,7,15H2,2,4,6,8H3. The molecule has 0 aliphatic carbocycles. The number of esters is 3. The minimum absolute atomic E-state index is 0.0420. The van der Waals surface area contributed by atoms with Crippen LogP contribution < -0.4 is 18.9 Å². The summed E-state index contributed by atoms with van der Waals surface area (Å²) in [5, 5.41) is 0. The lowest BCUT2D eigenvalue weighted by Crippen LogP contribution is -2.14.